The second-order valence-corrected chi connectivity index (χ2v) is 14.8. The summed E-state index contributed by atoms with van der Waals surface area (Å²) in [4.78, 5) is 115. The Balaban J connectivity index is 2.46. The molecule has 6 amide bonds. The van der Waals surface area contributed by atoms with Gasteiger partial charge in [0.1, 0.15) is 42.0 Å². The summed E-state index contributed by atoms with van der Waals surface area (Å²) >= 11 is 3.89. The third kappa shape index (κ3) is 19.5. The number of aliphatic hydroxyl groups excluding tert-OH is 1. The molecule has 2 aromatic rings. The van der Waals surface area contributed by atoms with Crippen molar-refractivity contribution in [2.75, 3.05) is 18.9 Å². The number of nitrogens with one attached hydrogen (secondary N) is 6. The van der Waals surface area contributed by atoms with E-state index in [1.165, 1.54) is 24.3 Å². The van der Waals surface area contributed by atoms with Crippen molar-refractivity contribution >= 4 is 66.0 Å². The molecule has 22 nitrogen and oxygen atoms in total. The Labute approximate surface area is 367 Å². The number of benzene rings is 2. The molecule has 0 aliphatic heterocycles. The first-order chi connectivity index (χ1) is 29.9. The number of rotatable bonds is 29. The smallest absolute Gasteiger partial charge is 0.327 e. The van der Waals surface area contributed by atoms with E-state index >= 15 is 0 Å². The molecule has 15 N–H and O–H groups in total. The van der Waals surface area contributed by atoms with Gasteiger partial charge in [-0.15, -0.1) is 0 Å². The lowest BCUT2D eigenvalue weighted by molar-refractivity contribution is -0.142. The Morgan fingerprint density at radius 1 is 0.540 bits per heavy atom. The van der Waals surface area contributed by atoms with Gasteiger partial charge in [0.25, 0.3) is 0 Å². The number of phenols is 1. The predicted molar refractivity (Wildman–Crippen MR) is 227 cm³/mol. The Kier molecular flexibility index (Phi) is 23.2. The van der Waals surface area contributed by atoms with Gasteiger partial charge in [0.2, 0.25) is 35.4 Å². The Morgan fingerprint density at radius 3 is 1.46 bits per heavy atom. The number of hydrogen-bond acceptors (Lipinski definition) is 14. The molecular formula is C40H56N8O14S. The van der Waals surface area contributed by atoms with Crippen LogP contribution in [0.15, 0.2) is 54.6 Å². The average Bonchev–Trinajstić information content (AvgIpc) is 3.24. The van der Waals surface area contributed by atoms with Gasteiger partial charge in [-0.05, 0) is 61.9 Å². The van der Waals surface area contributed by atoms with Crippen LogP contribution in [0.25, 0.3) is 0 Å². The molecule has 63 heavy (non-hydrogen) atoms. The minimum Gasteiger partial charge on any atom is -0.508 e. The summed E-state index contributed by atoms with van der Waals surface area (Å²) in [6.07, 6.45) is -1.56. The van der Waals surface area contributed by atoms with Crippen molar-refractivity contribution < 1.29 is 68.7 Å². The number of hydrogen-bond donors (Lipinski definition) is 14. The standard InChI is InChI=1S/C40H56N8O14S/c41-17-5-4-8-26(35(56)45-29(19-23-9-11-24(50)12-10-23)38(59)47-30(20-49)39(60)48-31(21-63)40(61)62)44-37(58)28(18-22-6-2-1-3-7-22)46-36(57)27(14-16-33(53)54)43-34(55)25(42)13-15-32(51)52/h1-3,6-7,9-12,25-31,49-50,63H,4-5,8,13-21,41-42H2,(H,43,55)(H,44,58)(H,45,56)(H,46,57)(H,47,59)(H,48,60)(H,51,52)(H,53,54)(H,61,62)/t25-,26-,27-,28-,29-,30-,31-/m0/s1. The van der Waals surface area contributed by atoms with Crippen molar-refractivity contribution in [1.29, 1.82) is 0 Å². The molecular weight excluding hydrogens is 849 g/mol. The molecule has 0 aliphatic carbocycles. The minimum atomic E-state index is -1.68. The summed E-state index contributed by atoms with van der Waals surface area (Å²) in [6, 6.07) is 3.48. The maximum Gasteiger partial charge on any atom is 0.327 e. The molecule has 0 aliphatic rings. The predicted octanol–water partition coefficient (Wildman–Crippen LogP) is -2.72. The van der Waals surface area contributed by atoms with Crippen LogP contribution in [0.5, 0.6) is 5.75 Å². The zero-order valence-corrected chi connectivity index (χ0v) is 35.1. The summed E-state index contributed by atoms with van der Waals surface area (Å²) in [6.45, 7) is -0.758. The van der Waals surface area contributed by atoms with Gasteiger partial charge < -0.3 is 68.9 Å². The molecule has 346 valence electrons. The summed E-state index contributed by atoms with van der Waals surface area (Å²) in [5.41, 5.74) is 12.5. The number of carbonyl (C=O) groups is 9. The number of phenolic OH excluding ortho intramolecular Hbond substituents is 1. The maximum absolute atomic E-state index is 14.2. The molecule has 23 heteroatoms. The van der Waals surface area contributed by atoms with Crippen molar-refractivity contribution in [2.45, 2.75) is 100 Å². The van der Waals surface area contributed by atoms with Crippen molar-refractivity contribution in [3.63, 3.8) is 0 Å². The molecule has 0 aromatic heterocycles. The van der Waals surface area contributed by atoms with E-state index in [2.05, 4.69) is 44.5 Å². The van der Waals surface area contributed by atoms with Gasteiger partial charge in [-0.25, -0.2) is 4.79 Å². The van der Waals surface area contributed by atoms with E-state index in [-0.39, 0.29) is 50.2 Å². The van der Waals surface area contributed by atoms with Gasteiger partial charge >= 0.3 is 17.9 Å². The number of unbranched alkanes of at least 4 members (excludes halogenated alkanes) is 1. The quantitative estimate of drug-likeness (QED) is 0.0291. The molecule has 2 rings (SSSR count). The SMILES string of the molecule is NCCCC[C@H](NC(=O)[C@H](Cc1ccccc1)NC(=O)[C@H](CCC(=O)O)NC(=O)[C@@H](N)CCC(=O)O)C(=O)N[C@@H](Cc1ccc(O)cc1)C(=O)N[C@@H](CO)C(=O)N[C@@H](CS)C(=O)O. The number of thiol groups is 1. The minimum absolute atomic E-state index is 0.0399. The molecule has 0 unspecified atom stereocenters. The molecule has 7 atom stereocenters. The highest BCUT2D eigenvalue weighted by Gasteiger charge is 2.34. The molecule has 0 fully saturated rings. The normalized spacial score (nSPS) is 14.2. The van der Waals surface area contributed by atoms with E-state index < -0.39 is 122 Å². The summed E-state index contributed by atoms with van der Waals surface area (Å²) in [5, 5.41) is 61.9. The van der Waals surface area contributed by atoms with Gasteiger partial charge in [0, 0.05) is 31.4 Å². The van der Waals surface area contributed by atoms with Crippen LogP contribution in [0, 0.1) is 0 Å². The van der Waals surface area contributed by atoms with Crippen molar-refractivity contribution in [1.82, 2.24) is 31.9 Å². The number of carboxylic acid groups (broad SMARTS) is 3. The highest BCUT2D eigenvalue weighted by atomic mass is 32.1. The third-order valence-electron chi connectivity index (χ3n) is 9.40. The fourth-order valence-electron chi connectivity index (χ4n) is 5.86. The highest BCUT2D eigenvalue weighted by Crippen LogP contribution is 2.13. The second-order valence-electron chi connectivity index (χ2n) is 14.4. The van der Waals surface area contributed by atoms with Crippen LogP contribution in [0.1, 0.15) is 56.1 Å². The molecule has 0 radical (unpaired) electrons. The molecule has 0 bridgehead atoms. The molecule has 0 spiro atoms. The lowest BCUT2D eigenvalue weighted by Gasteiger charge is -2.27. The van der Waals surface area contributed by atoms with Gasteiger partial charge in [-0.2, -0.15) is 12.6 Å². The van der Waals surface area contributed by atoms with E-state index in [1.807, 2.05) is 0 Å². The third-order valence-corrected chi connectivity index (χ3v) is 9.77. The topological polar surface area (TPSA) is 379 Å². The summed E-state index contributed by atoms with van der Waals surface area (Å²) < 4.78 is 0. The van der Waals surface area contributed by atoms with E-state index in [4.69, 9.17) is 16.6 Å². The fraction of sp³-hybridized carbons (Fsp3) is 0.475. The Morgan fingerprint density at radius 2 is 0.968 bits per heavy atom. The largest absolute Gasteiger partial charge is 0.508 e. The molecule has 2 aromatic carbocycles. The fourth-order valence-corrected chi connectivity index (χ4v) is 6.11. The molecule has 0 saturated heterocycles. The van der Waals surface area contributed by atoms with Crippen molar-refractivity contribution in [3.8, 4) is 5.75 Å². The molecule has 0 saturated carbocycles. The van der Waals surface area contributed by atoms with Gasteiger partial charge in [-0.1, -0.05) is 42.5 Å². The Hall–Kier alpha value is -6.30. The average molecular weight is 905 g/mol. The summed E-state index contributed by atoms with van der Waals surface area (Å²) in [5.74, 6) is -10.2. The lowest BCUT2D eigenvalue weighted by Crippen LogP contribution is -2.60. The number of carbonyl (C=O) groups excluding carboxylic acids is 6. The van der Waals surface area contributed by atoms with E-state index in [0.717, 1.165) is 0 Å². The zero-order chi connectivity index (χ0) is 47.1. The van der Waals surface area contributed by atoms with Gasteiger partial charge in [0.15, 0.2) is 0 Å². The van der Waals surface area contributed by atoms with Crippen LogP contribution in [0.3, 0.4) is 0 Å². The van der Waals surface area contributed by atoms with E-state index in [0.29, 0.717) is 17.5 Å². The van der Waals surface area contributed by atoms with Crippen molar-refractivity contribution in [3.05, 3.63) is 65.7 Å². The zero-order valence-electron chi connectivity index (χ0n) is 34.2. The van der Waals surface area contributed by atoms with E-state index in [9.17, 15) is 63.6 Å². The number of nitrogens with two attached hydrogens (primary N) is 2. The van der Waals surface area contributed by atoms with Gasteiger partial charge in [0.05, 0.1) is 12.6 Å². The van der Waals surface area contributed by atoms with Crippen LogP contribution >= 0.6 is 12.6 Å². The number of aromatic hydroxyl groups is 1. The van der Waals surface area contributed by atoms with Crippen LogP contribution in [0.2, 0.25) is 0 Å². The lowest BCUT2D eigenvalue weighted by atomic mass is 10.0. The van der Waals surface area contributed by atoms with Gasteiger partial charge in [-0.3, -0.25) is 38.4 Å². The first-order valence-electron chi connectivity index (χ1n) is 19.9. The Bertz CT molecular complexity index is 1870. The monoisotopic (exact) mass is 904 g/mol. The van der Waals surface area contributed by atoms with Crippen LogP contribution in [0.4, 0.5) is 0 Å². The number of carboxylic acids is 3. The molecule has 0 heterocycles. The van der Waals surface area contributed by atoms with Crippen LogP contribution < -0.4 is 43.4 Å². The first-order valence-corrected chi connectivity index (χ1v) is 20.5. The first kappa shape index (κ1) is 52.8. The second kappa shape index (κ2) is 27.6. The van der Waals surface area contributed by atoms with Crippen LogP contribution in [-0.2, 0) is 56.0 Å². The van der Waals surface area contributed by atoms with Crippen molar-refractivity contribution in [2.24, 2.45) is 11.5 Å². The van der Waals surface area contributed by atoms with E-state index in [1.54, 1.807) is 30.3 Å². The maximum atomic E-state index is 14.2. The number of aliphatic carboxylic acids is 3. The summed E-state index contributed by atoms with van der Waals surface area (Å²) in [7, 11) is 0. The number of aliphatic hydroxyl groups is 1. The van der Waals surface area contributed by atoms with Crippen LogP contribution in [-0.4, -0.2) is 140 Å². The highest BCUT2D eigenvalue weighted by molar-refractivity contribution is 7.80. The number of amides is 6.